The van der Waals surface area contributed by atoms with E-state index in [4.69, 9.17) is 9.31 Å². The molecule has 4 nitrogen and oxygen atoms in total. The van der Waals surface area contributed by atoms with E-state index in [2.05, 4.69) is 9.97 Å². The Bertz CT molecular complexity index is 402. The van der Waals surface area contributed by atoms with Gasteiger partial charge in [-0.15, -0.1) is 0 Å². The summed E-state index contributed by atoms with van der Waals surface area (Å²) in [5, 5.41) is 0. The van der Waals surface area contributed by atoms with Gasteiger partial charge in [-0.3, -0.25) is 0 Å². The van der Waals surface area contributed by atoms with Crippen LogP contribution in [0.1, 0.15) is 33.5 Å². The van der Waals surface area contributed by atoms with Crippen molar-refractivity contribution in [3.8, 4) is 0 Å². The van der Waals surface area contributed by atoms with Gasteiger partial charge in [-0.2, -0.15) is 0 Å². The Morgan fingerprint density at radius 3 is 2.12 bits per heavy atom. The lowest BCUT2D eigenvalue weighted by Gasteiger charge is -2.32. The molecule has 0 saturated carbocycles. The SMILES string of the molecule is CC1(C)OB(C=Cc2ncccn2)OC1(C)C. The van der Waals surface area contributed by atoms with Gasteiger partial charge in [0.1, 0.15) is 0 Å². The van der Waals surface area contributed by atoms with Gasteiger partial charge in [0.2, 0.25) is 0 Å². The quantitative estimate of drug-likeness (QED) is 0.732. The molecular formula is C12H17BN2O2. The summed E-state index contributed by atoms with van der Waals surface area (Å²) in [5.41, 5.74) is -0.612. The van der Waals surface area contributed by atoms with Crippen LogP contribution in [0.2, 0.25) is 0 Å². The van der Waals surface area contributed by atoms with Crippen molar-refractivity contribution in [2.75, 3.05) is 0 Å². The maximum atomic E-state index is 5.82. The highest BCUT2D eigenvalue weighted by atomic mass is 16.7. The van der Waals surface area contributed by atoms with Crippen molar-refractivity contribution in [3.63, 3.8) is 0 Å². The summed E-state index contributed by atoms with van der Waals surface area (Å²) in [4.78, 5) is 8.21. The van der Waals surface area contributed by atoms with Gasteiger partial charge in [0.15, 0.2) is 5.82 Å². The Morgan fingerprint density at radius 2 is 1.59 bits per heavy atom. The van der Waals surface area contributed by atoms with E-state index < -0.39 is 0 Å². The molecule has 90 valence electrons. The first-order valence-electron chi connectivity index (χ1n) is 5.72. The average molecular weight is 232 g/mol. The highest BCUT2D eigenvalue weighted by Crippen LogP contribution is 2.36. The summed E-state index contributed by atoms with van der Waals surface area (Å²) in [6.07, 6.45) is 5.22. The largest absolute Gasteiger partial charge is 0.487 e. The van der Waals surface area contributed by atoms with Crippen molar-refractivity contribution >= 4 is 13.2 Å². The maximum absolute atomic E-state index is 5.82. The van der Waals surface area contributed by atoms with Gasteiger partial charge < -0.3 is 9.31 Å². The number of hydrogen-bond acceptors (Lipinski definition) is 4. The minimum absolute atomic E-state index is 0.306. The molecule has 0 amide bonds. The van der Waals surface area contributed by atoms with Crippen molar-refractivity contribution in [1.29, 1.82) is 0 Å². The first-order valence-corrected chi connectivity index (χ1v) is 5.72. The van der Waals surface area contributed by atoms with Crippen molar-refractivity contribution in [2.45, 2.75) is 38.9 Å². The molecule has 1 aliphatic rings. The minimum atomic E-state index is -0.344. The lowest BCUT2D eigenvalue weighted by molar-refractivity contribution is 0.00578. The zero-order valence-electron chi connectivity index (χ0n) is 10.7. The zero-order valence-corrected chi connectivity index (χ0v) is 10.7. The highest BCUT2D eigenvalue weighted by Gasteiger charge is 2.49. The molecule has 0 radical (unpaired) electrons. The molecule has 0 unspecified atom stereocenters. The van der Waals surface area contributed by atoms with E-state index in [1.54, 1.807) is 18.5 Å². The van der Waals surface area contributed by atoms with E-state index in [0.717, 1.165) is 0 Å². The van der Waals surface area contributed by atoms with E-state index in [0.29, 0.717) is 5.82 Å². The Hall–Kier alpha value is -1.20. The van der Waals surface area contributed by atoms with Crippen LogP contribution in [0, 0.1) is 0 Å². The van der Waals surface area contributed by atoms with E-state index >= 15 is 0 Å². The molecule has 1 aliphatic heterocycles. The molecule has 1 saturated heterocycles. The summed E-state index contributed by atoms with van der Waals surface area (Å²) in [5.74, 6) is 2.49. The third kappa shape index (κ3) is 2.56. The molecule has 2 heterocycles. The summed E-state index contributed by atoms with van der Waals surface area (Å²) >= 11 is 0. The minimum Gasteiger partial charge on any atom is -0.400 e. The molecule has 5 heteroatoms. The molecule has 0 aliphatic carbocycles. The molecule has 0 atom stereocenters. The second-order valence-electron chi connectivity index (χ2n) is 5.09. The fraction of sp³-hybridized carbons (Fsp3) is 0.500. The highest BCUT2D eigenvalue weighted by molar-refractivity contribution is 6.52. The lowest BCUT2D eigenvalue weighted by atomic mass is 9.90. The van der Waals surface area contributed by atoms with Crippen LogP contribution in [0.15, 0.2) is 24.4 Å². The van der Waals surface area contributed by atoms with Gasteiger partial charge in [0.05, 0.1) is 11.2 Å². The molecule has 1 aromatic rings. The van der Waals surface area contributed by atoms with Crippen LogP contribution in [-0.4, -0.2) is 28.3 Å². The van der Waals surface area contributed by atoms with E-state index in [9.17, 15) is 0 Å². The van der Waals surface area contributed by atoms with Crippen LogP contribution >= 0.6 is 0 Å². The predicted octanol–water partition coefficient (Wildman–Crippen LogP) is 2.12. The predicted molar refractivity (Wildman–Crippen MR) is 67.1 cm³/mol. The van der Waals surface area contributed by atoms with Crippen LogP contribution in [0.5, 0.6) is 0 Å². The molecule has 2 rings (SSSR count). The van der Waals surface area contributed by atoms with Crippen LogP contribution in [-0.2, 0) is 9.31 Å². The third-order valence-electron chi connectivity index (χ3n) is 3.26. The van der Waals surface area contributed by atoms with E-state index in [1.165, 1.54) is 0 Å². The van der Waals surface area contributed by atoms with Gasteiger partial charge in [0, 0.05) is 12.4 Å². The molecule has 1 aromatic heterocycles. The van der Waals surface area contributed by atoms with Crippen molar-refractivity contribution in [1.82, 2.24) is 9.97 Å². The van der Waals surface area contributed by atoms with Gasteiger partial charge >= 0.3 is 7.12 Å². The first-order chi connectivity index (χ1) is 7.91. The molecule has 1 fully saturated rings. The lowest BCUT2D eigenvalue weighted by Crippen LogP contribution is -2.41. The Morgan fingerprint density at radius 1 is 1.06 bits per heavy atom. The maximum Gasteiger partial charge on any atom is 0.487 e. The van der Waals surface area contributed by atoms with Gasteiger partial charge in [-0.25, -0.2) is 9.97 Å². The molecule has 17 heavy (non-hydrogen) atoms. The summed E-state index contributed by atoms with van der Waals surface area (Å²) in [7, 11) is -0.344. The molecule has 0 bridgehead atoms. The van der Waals surface area contributed by atoms with Gasteiger partial charge in [-0.05, 0) is 39.8 Å². The van der Waals surface area contributed by atoms with Crippen molar-refractivity contribution < 1.29 is 9.31 Å². The van der Waals surface area contributed by atoms with Gasteiger partial charge in [-0.1, -0.05) is 5.98 Å². The van der Waals surface area contributed by atoms with Crippen LogP contribution in [0.3, 0.4) is 0 Å². The van der Waals surface area contributed by atoms with Crippen LogP contribution in [0.25, 0.3) is 6.08 Å². The first kappa shape index (κ1) is 12.3. The normalized spacial score (nSPS) is 22.2. The fourth-order valence-electron chi connectivity index (χ4n) is 1.53. The summed E-state index contributed by atoms with van der Waals surface area (Å²) in [6.45, 7) is 8.11. The molecule has 0 N–H and O–H groups in total. The molecular weight excluding hydrogens is 215 g/mol. The third-order valence-corrected chi connectivity index (χ3v) is 3.26. The number of nitrogens with zero attached hydrogens (tertiary/aromatic N) is 2. The second kappa shape index (κ2) is 4.24. The van der Waals surface area contributed by atoms with Crippen LogP contribution in [0.4, 0.5) is 0 Å². The second-order valence-corrected chi connectivity index (χ2v) is 5.09. The Labute approximate surface area is 102 Å². The van der Waals surface area contributed by atoms with Crippen LogP contribution < -0.4 is 0 Å². The molecule has 0 spiro atoms. The molecule has 0 aromatic carbocycles. The number of aromatic nitrogens is 2. The Kier molecular flexibility index (Phi) is 3.06. The van der Waals surface area contributed by atoms with Crippen molar-refractivity contribution in [2.24, 2.45) is 0 Å². The fourth-order valence-corrected chi connectivity index (χ4v) is 1.53. The van der Waals surface area contributed by atoms with Crippen molar-refractivity contribution in [3.05, 3.63) is 30.3 Å². The van der Waals surface area contributed by atoms with Gasteiger partial charge in [0.25, 0.3) is 0 Å². The summed E-state index contributed by atoms with van der Waals surface area (Å²) in [6, 6.07) is 1.78. The monoisotopic (exact) mass is 232 g/mol. The number of rotatable bonds is 2. The zero-order chi connectivity index (χ0) is 12.5. The topological polar surface area (TPSA) is 44.2 Å². The smallest absolute Gasteiger partial charge is 0.400 e. The Balaban J connectivity index is 2.06. The standard InChI is InChI=1S/C12H17BN2O2/c1-11(2)12(3,4)17-13(16-11)7-6-10-14-8-5-9-15-10/h5-9H,1-4H3. The number of hydrogen-bond donors (Lipinski definition) is 0. The summed E-state index contributed by atoms with van der Waals surface area (Å²) < 4.78 is 11.6. The average Bonchev–Trinajstić information content (AvgIpc) is 2.46. The van der Waals surface area contributed by atoms with E-state index in [1.807, 2.05) is 39.7 Å². The van der Waals surface area contributed by atoms with E-state index in [-0.39, 0.29) is 18.3 Å².